The summed E-state index contributed by atoms with van der Waals surface area (Å²) in [5.41, 5.74) is -0.492. The first-order chi connectivity index (χ1) is 19.9. The van der Waals surface area contributed by atoms with Gasteiger partial charge in [0.25, 0.3) is 11.5 Å². The first-order valence-corrected chi connectivity index (χ1v) is 14.1. The molecule has 2 fully saturated rings. The molecule has 1 saturated heterocycles. The van der Waals surface area contributed by atoms with E-state index in [9.17, 15) is 14.4 Å². The number of pyridine rings is 1. The Bertz CT molecular complexity index is 1350. The van der Waals surface area contributed by atoms with Crippen LogP contribution >= 0.6 is 0 Å². The van der Waals surface area contributed by atoms with Gasteiger partial charge in [0.1, 0.15) is 22.9 Å². The van der Waals surface area contributed by atoms with E-state index in [1.54, 1.807) is 63.8 Å². The van der Waals surface area contributed by atoms with E-state index in [0.717, 1.165) is 25.7 Å². The molecule has 228 valence electrons. The van der Waals surface area contributed by atoms with Gasteiger partial charge >= 0.3 is 6.09 Å². The predicted molar refractivity (Wildman–Crippen MR) is 159 cm³/mol. The van der Waals surface area contributed by atoms with Crippen molar-refractivity contribution in [2.45, 2.75) is 77.2 Å². The van der Waals surface area contributed by atoms with Gasteiger partial charge in [0, 0.05) is 39.8 Å². The third kappa shape index (κ3) is 6.90. The Morgan fingerprint density at radius 2 is 2.02 bits per heavy atom. The fraction of sp³-hybridized carbons (Fsp3) is 0.552. The van der Waals surface area contributed by atoms with Gasteiger partial charge in [-0.05, 0) is 65.5 Å². The molecule has 3 aliphatic rings. The summed E-state index contributed by atoms with van der Waals surface area (Å²) in [6.45, 7) is 11.7. The molecule has 0 spiro atoms. The van der Waals surface area contributed by atoms with Crippen LogP contribution in [0, 0.1) is 0 Å². The number of hydrogen-bond donors (Lipinski definition) is 2. The molecular formula is C29H41N7O6. The van der Waals surface area contributed by atoms with Crippen molar-refractivity contribution in [2.24, 2.45) is 10.1 Å². The lowest BCUT2D eigenvalue weighted by Crippen LogP contribution is -2.51. The van der Waals surface area contributed by atoms with Crippen molar-refractivity contribution in [3.05, 3.63) is 52.0 Å². The highest BCUT2D eigenvalue weighted by molar-refractivity contribution is 6.06. The van der Waals surface area contributed by atoms with Crippen molar-refractivity contribution in [1.29, 1.82) is 0 Å². The lowest BCUT2D eigenvalue weighted by molar-refractivity contribution is -0.120. The van der Waals surface area contributed by atoms with Crippen LogP contribution in [0.25, 0.3) is 0 Å². The Morgan fingerprint density at radius 3 is 2.62 bits per heavy atom. The number of carbonyl (C=O) groups excluding carboxylic acids is 2. The van der Waals surface area contributed by atoms with Crippen LogP contribution in [-0.4, -0.2) is 84.1 Å². The molecule has 2 aliphatic heterocycles. The van der Waals surface area contributed by atoms with Crippen LogP contribution in [0.5, 0.6) is 0 Å². The SMILES string of the molecule is C=NN1C(N(C)C(=O)OC(C)(C)C)=CC(Nc2cccn([C@@H]3CCCOC3)c2=O)=N/C1=C(/C)C(=O)N[C@@H]1CC[C@H]1OC. The average molecular weight is 584 g/mol. The van der Waals surface area contributed by atoms with E-state index in [0.29, 0.717) is 13.2 Å². The van der Waals surface area contributed by atoms with Crippen molar-refractivity contribution in [3.63, 3.8) is 0 Å². The van der Waals surface area contributed by atoms with E-state index in [2.05, 4.69) is 27.4 Å². The maximum Gasteiger partial charge on any atom is 0.415 e. The number of aromatic nitrogens is 1. The smallest absolute Gasteiger partial charge is 0.415 e. The minimum absolute atomic E-state index is 0.0592. The van der Waals surface area contributed by atoms with E-state index >= 15 is 0 Å². The summed E-state index contributed by atoms with van der Waals surface area (Å²) in [4.78, 5) is 45.7. The number of hydrogen-bond acceptors (Lipinski definition) is 10. The molecule has 2 N–H and O–H groups in total. The number of aliphatic imine (C=N–C) groups is 1. The molecule has 0 bridgehead atoms. The third-order valence-corrected chi connectivity index (χ3v) is 7.34. The van der Waals surface area contributed by atoms with Crippen molar-refractivity contribution in [3.8, 4) is 0 Å². The fourth-order valence-electron chi connectivity index (χ4n) is 4.86. The van der Waals surface area contributed by atoms with Gasteiger partial charge in [-0.3, -0.25) is 14.5 Å². The van der Waals surface area contributed by atoms with Gasteiger partial charge in [0.2, 0.25) is 0 Å². The lowest BCUT2D eigenvalue weighted by Gasteiger charge is -2.36. The minimum atomic E-state index is -0.755. The topological polar surface area (TPSA) is 139 Å². The molecular weight excluding hydrogens is 542 g/mol. The average Bonchev–Trinajstić information content (AvgIpc) is 2.94. The Hall–Kier alpha value is -3.97. The van der Waals surface area contributed by atoms with Gasteiger partial charge in [-0.2, -0.15) is 10.1 Å². The highest BCUT2D eigenvalue weighted by Gasteiger charge is 2.35. The van der Waals surface area contributed by atoms with Crippen molar-refractivity contribution >= 4 is 30.2 Å². The van der Waals surface area contributed by atoms with Gasteiger partial charge < -0.3 is 29.4 Å². The lowest BCUT2D eigenvalue weighted by atomic mass is 9.89. The molecule has 3 atom stereocenters. The minimum Gasteiger partial charge on any atom is -0.443 e. The zero-order valence-electron chi connectivity index (χ0n) is 25.2. The number of rotatable bonds is 7. The molecule has 1 aliphatic carbocycles. The maximum atomic E-state index is 13.4. The van der Waals surface area contributed by atoms with Crippen LogP contribution in [0.2, 0.25) is 0 Å². The van der Waals surface area contributed by atoms with Gasteiger partial charge in [0.05, 0.1) is 30.4 Å². The Labute approximate surface area is 245 Å². The summed E-state index contributed by atoms with van der Waals surface area (Å²) in [5, 5.41) is 11.5. The quantitative estimate of drug-likeness (QED) is 0.369. The molecule has 1 saturated carbocycles. The van der Waals surface area contributed by atoms with Crippen LogP contribution in [0.1, 0.15) is 59.4 Å². The van der Waals surface area contributed by atoms with Crippen LogP contribution in [0.4, 0.5) is 10.5 Å². The highest BCUT2D eigenvalue weighted by atomic mass is 16.6. The van der Waals surface area contributed by atoms with Crippen LogP contribution in [-0.2, 0) is 19.0 Å². The van der Waals surface area contributed by atoms with E-state index in [1.165, 1.54) is 17.0 Å². The van der Waals surface area contributed by atoms with Crippen LogP contribution in [0.15, 0.2) is 56.5 Å². The first-order valence-electron chi connectivity index (χ1n) is 14.1. The highest BCUT2D eigenvalue weighted by Crippen LogP contribution is 2.28. The van der Waals surface area contributed by atoms with E-state index in [4.69, 9.17) is 14.2 Å². The normalized spacial score (nSPS) is 23.6. The standard InChI is InChI=1S/C29H41N7O6/c1-18(26(37)32-20-12-13-22(20)40-7)25-33-23(16-24(36(25)30-5)34(6)28(39)42-29(2,3)4)31-21-11-8-14-35(27(21)38)19-10-9-15-41-17-19/h8,11,14,16,19-20,22H,5,9-10,12-13,15,17H2,1-4,6-7H3,(H,31,33)(H,32,37)/b25-18+/t19-,20-,22-/m1/s1. The summed E-state index contributed by atoms with van der Waals surface area (Å²) in [6.07, 6.45) is 5.93. The molecule has 0 unspecified atom stereocenters. The molecule has 1 aromatic rings. The Kier molecular flexibility index (Phi) is 9.52. The number of ether oxygens (including phenoxy) is 3. The predicted octanol–water partition coefficient (Wildman–Crippen LogP) is 3.17. The molecule has 1 aromatic heterocycles. The second-order valence-corrected chi connectivity index (χ2v) is 11.5. The second kappa shape index (κ2) is 12.9. The number of nitrogens with one attached hydrogen (secondary N) is 2. The largest absolute Gasteiger partial charge is 0.443 e. The molecule has 0 aromatic carbocycles. The maximum absolute atomic E-state index is 13.4. The van der Waals surface area contributed by atoms with Gasteiger partial charge in [-0.1, -0.05) is 0 Å². The van der Waals surface area contributed by atoms with Gasteiger partial charge in [-0.25, -0.2) is 9.79 Å². The van der Waals surface area contributed by atoms with E-state index in [1.807, 2.05) is 0 Å². The monoisotopic (exact) mass is 583 g/mol. The molecule has 13 heteroatoms. The second-order valence-electron chi connectivity index (χ2n) is 11.5. The molecule has 4 rings (SSSR count). The summed E-state index contributed by atoms with van der Waals surface area (Å²) in [5.74, 6) is 0.196. The molecule has 3 heterocycles. The van der Waals surface area contributed by atoms with E-state index < -0.39 is 11.7 Å². The summed E-state index contributed by atoms with van der Waals surface area (Å²) < 4.78 is 18.2. The summed E-state index contributed by atoms with van der Waals surface area (Å²) in [6, 6.07) is 3.23. The van der Waals surface area contributed by atoms with Crippen molar-refractivity contribution in [1.82, 2.24) is 19.8 Å². The van der Waals surface area contributed by atoms with E-state index in [-0.39, 0.29) is 58.4 Å². The molecule has 13 nitrogen and oxygen atoms in total. The third-order valence-electron chi connectivity index (χ3n) is 7.34. The molecule has 0 radical (unpaired) electrons. The first kappa shape index (κ1) is 31.0. The van der Waals surface area contributed by atoms with Gasteiger partial charge in [0.15, 0.2) is 5.82 Å². The number of methoxy groups -OCH3 is 1. The molecule has 42 heavy (non-hydrogen) atoms. The Morgan fingerprint density at radius 1 is 1.26 bits per heavy atom. The van der Waals surface area contributed by atoms with Gasteiger partial charge in [-0.15, -0.1) is 0 Å². The van der Waals surface area contributed by atoms with Crippen molar-refractivity contribution < 1.29 is 23.8 Å². The number of amides is 2. The molecule has 2 amide bonds. The number of hydrazone groups is 1. The van der Waals surface area contributed by atoms with Crippen LogP contribution < -0.4 is 16.2 Å². The fourth-order valence-corrected chi connectivity index (χ4v) is 4.86. The summed E-state index contributed by atoms with van der Waals surface area (Å²) in [7, 11) is 3.13. The van der Waals surface area contributed by atoms with Crippen LogP contribution in [0.3, 0.4) is 0 Å². The van der Waals surface area contributed by atoms with Crippen molar-refractivity contribution in [2.75, 3.05) is 32.7 Å². The zero-order chi connectivity index (χ0) is 30.6. The number of nitrogens with zero attached hydrogens (tertiary/aromatic N) is 5. The number of anilines is 1. The number of amidine groups is 1. The Balaban J connectivity index is 1.72. The number of carbonyl (C=O) groups is 2. The zero-order valence-corrected chi connectivity index (χ0v) is 25.2. The summed E-state index contributed by atoms with van der Waals surface area (Å²) >= 11 is 0.